The van der Waals surface area contributed by atoms with E-state index < -0.39 is 0 Å². The molecule has 0 aliphatic rings. The minimum absolute atomic E-state index is 0.209. The number of rotatable bonds is 7. The van der Waals surface area contributed by atoms with Crippen molar-refractivity contribution in [3.63, 3.8) is 0 Å². The number of halogens is 2. The number of anilines is 1. The lowest BCUT2D eigenvalue weighted by atomic mass is 10.1. The average molecular weight is 353 g/mol. The summed E-state index contributed by atoms with van der Waals surface area (Å²) < 4.78 is 0. The number of benzene rings is 1. The molecule has 122 valence electrons. The van der Waals surface area contributed by atoms with E-state index in [-0.39, 0.29) is 5.91 Å². The zero-order chi connectivity index (χ0) is 16.7. The molecule has 0 atom stereocenters. The summed E-state index contributed by atoms with van der Waals surface area (Å²) in [6.07, 6.45) is 4.62. The van der Waals surface area contributed by atoms with E-state index in [2.05, 4.69) is 20.6 Å². The maximum Gasteiger partial charge on any atom is 0.271 e. The van der Waals surface area contributed by atoms with E-state index in [0.717, 1.165) is 18.4 Å². The second-order valence-electron chi connectivity index (χ2n) is 4.96. The minimum Gasteiger partial charge on any atom is -0.368 e. The standard InChI is InChI=1S/C16H18Cl2N4O/c1-2-6-20-16(23)14-9-22-15(10-21-14)19-7-5-11-3-4-12(17)8-13(11)18/h3-4,8-10H,2,5-7H2,1H3,(H,19,22)(H,20,23). The third kappa shape index (κ3) is 5.37. The summed E-state index contributed by atoms with van der Waals surface area (Å²) in [4.78, 5) is 20.0. The molecular formula is C16H18Cl2N4O. The fraction of sp³-hybridized carbons (Fsp3) is 0.312. The SMILES string of the molecule is CCCNC(=O)c1cnc(NCCc2ccc(Cl)cc2Cl)cn1. The quantitative estimate of drug-likeness (QED) is 0.799. The summed E-state index contributed by atoms with van der Waals surface area (Å²) in [7, 11) is 0. The smallest absolute Gasteiger partial charge is 0.271 e. The van der Waals surface area contributed by atoms with Crippen LogP contribution in [-0.2, 0) is 6.42 Å². The van der Waals surface area contributed by atoms with E-state index in [9.17, 15) is 4.79 Å². The van der Waals surface area contributed by atoms with Crippen molar-refractivity contribution in [1.29, 1.82) is 0 Å². The van der Waals surface area contributed by atoms with Gasteiger partial charge in [0.15, 0.2) is 0 Å². The molecule has 1 aromatic carbocycles. The summed E-state index contributed by atoms with van der Waals surface area (Å²) in [6, 6.07) is 5.44. The van der Waals surface area contributed by atoms with Crippen LogP contribution in [0.3, 0.4) is 0 Å². The Bertz CT molecular complexity index is 662. The van der Waals surface area contributed by atoms with Gasteiger partial charge in [-0.15, -0.1) is 0 Å². The molecule has 0 saturated carbocycles. The second kappa shape index (κ2) is 8.70. The van der Waals surface area contributed by atoms with Gasteiger partial charge in [0.1, 0.15) is 11.5 Å². The van der Waals surface area contributed by atoms with Gasteiger partial charge in [-0.1, -0.05) is 36.2 Å². The summed E-state index contributed by atoms with van der Waals surface area (Å²) in [5, 5.41) is 7.17. The summed E-state index contributed by atoms with van der Waals surface area (Å²) in [5.41, 5.74) is 1.32. The first-order valence-electron chi connectivity index (χ1n) is 7.38. The van der Waals surface area contributed by atoms with Crippen LogP contribution in [0.1, 0.15) is 29.4 Å². The van der Waals surface area contributed by atoms with Gasteiger partial charge in [-0.25, -0.2) is 9.97 Å². The molecule has 2 aromatic rings. The lowest BCUT2D eigenvalue weighted by Gasteiger charge is -2.08. The second-order valence-corrected chi connectivity index (χ2v) is 5.80. The fourth-order valence-corrected chi connectivity index (χ4v) is 2.42. The largest absolute Gasteiger partial charge is 0.368 e. The van der Waals surface area contributed by atoms with Crippen LogP contribution in [0.15, 0.2) is 30.6 Å². The first kappa shape index (κ1) is 17.5. The van der Waals surface area contributed by atoms with Gasteiger partial charge >= 0.3 is 0 Å². The predicted molar refractivity (Wildman–Crippen MR) is 93.3 cm³/mol. The van der Waals surface area contributed by atoms with Gasteiger partial charge in [-0.05, 0) is 30.5 Å². The first-order chi connectivity index (χ1) is 11.1. The number of hydrogen-bond acceptors (Lipinski definition) is 4. The van der Waals surface area contributed by atoms with Crippen LogP contribution >= 0.6 is 23.2 Å². The van der Waals surface area contributed by atoms with Crippen LogP contribution in [0, 0.1) is 0 Å². The van der Waals surface area contributed by atoms with Crippen LogP contribution in [0.2, 0.25) is 10.0 Å². The summed E-state index contributed by atoms with van der Waals surface area (Å²) in [5.74, 6) is 0.404. The average Bonchev–Trinajstić information content (AvgIpc) is 2.55. The Hall–Kier alpha value is -1.85. The van der Waals surface area contributed by atoms with E-state index >= 15 is 0 Å². The van der Waals surface area contributed by atoms with Crippen molar-refractivity contribution < 1.29 is 4.79 Å². The van der Waals surface area contributed by atoms with Gasteiger partial charge in [0.05, 0.1) is 12.4 Å². The molecule has 1 amide bonds. The molecule has 0 spiro atoms. The molecule has 2 N–H and O–H groups in total. The van der Waals surface area contributed by atoms with Crippen molar-refractivity contribution in [3.8, 4) is 0 Å². The summed E-state index contributed by atoms with van der Waals surface area (Å²) in [6.45, 7) is 3.27. The topological polar surface area (TPSA) is 66.9 Å². The van der Waals surface area contributed by atoms with Gasteiger partial charge in [0.2, 0.25) is 0 Å². The number of carbonyl (C=O) groups is 1. The lowest BCUT2D eigenvalue weighted by molar-refractivity contribution is 0.0948. The Kier molecular flexibility index (Phi) is 6.62. The molecule has 23 heavy (non-hydrogen) atoms. The zero-order valence-corrected chi connectivity index (χ0v) is 14.3. The number of hydrogen-bond donors (Lipinski definition) is 2. The van der Waals surface area contributed by atoms with E-state index in [1.165, 1.54) is 6.20 Å². The number of nitrogens with zero attached hydrogens (tertiary/aromatic N) is 2. The van der Waals surface area contributed by atoms with Crippen molar-refractivity contribution in [2.45, 2.75) is 19.8 Å². The monoisotopic (exact) mass is 352 g/mol. The van der Waals surface area contributed by atoms with E-state index in [1.54, 1.807) is 12.3 Å². The highest BCUT2D eigenvalue weighted by Crippen LogP contribution is 2.21. The van der Waals surface area contributed by atoms with E-state index in [0.29, 0.717) is 34.6 Å². The Balaban J connectivity index is 1.85. The molecule has 7 heteroatoms. The van der Waals surface area contributed by atoms with Crippen molar-refractivity contribution in [2.75, 3.05) is 18.4 Å². The van der Waals surface area contributed by atoms with Gasteiger partial charge in [0.25, 0.3) is 5.91 Å². The molecule has 0 saturated heterocycles. The molecule has 0 fully saturated rings. The normalized spacial score (nSPS) is 10.4. The molecule has 0 aliphatic carbocycles. The van der Waals surface area contributed by atoms with Crippen molar-refractivity contribution in [2.24, 2.45) is 0 Å². The number of amides is 1. The molecule has 0 aliphatic heterocycles. The van der Waals surface area contributed by atoms with E-state index in [1.807, 2.05) is 19.1 Å². The van der Waals surface area contributed by atoms with Crippen LogP contribution in [0.5, 0.6) is 0 Å². The van der Waals surface area contributed by atoms with Crippen LogP contribution in [-0.4, -0.2) is 29.0 Å². The molecule has 0 radical (unpaired) electrons. The maximum atomic E-state index is 11.7. The van der Waals surface area contributed by atoms with Gasteiger partial charge in [-0.3, -0.25) is 4.79 Å². The molecule has 5 nitrogen and oxygen atoms in total. The van der Waals surface area contributed by atoms with E-state index in [4.69, 9.17) is 23.2 Å². The highest BCUT2D eigenvalue weighted by molar-refractivity contribution is 6.35. The molecule has 1 aromatic heterocycles. The van der Waals surface area contributed by atoms with Crippen LogP contribution in [0.4, 0.5) is 5.82 Å². The van der Waals surface area contributed by atoms with Crippen LogP contribution < -0.4 is 10.6 Å². The fourth-order valence-electron chi connectivity index (χ4n) is 1.92. The molecule has 0 unspecified atom stereocenters. The third-order valence-corrected chi connectivity index (χ3v) is 3.72. The highest BCUT2D eigenvalue weighted by atomic mass is 35.5. The molecule has 1 heterocycles. The van der Waals surface area contributed by atoms with Crippen molar-refractivity contribution in [1.82, 2.24) is 15.3 Å². The van der Waals surface area contributed by atoms with Gasteiger partial charge in [0, 0.05) is 23.1 Å². The van der Waals surface area contributed by atoms with Crippen molar-refractivity contribution in [3.05, 3.63) is 51.9 Å². The molecule has 2 rings (SSSR count). The highest BCUT2D eigenvalue weighted by Gasteiger charge is 2.07. The molecular weight excluding hydrogens is 335 g/mol. The van der Waals surface area contributed by atoms with Gasteiger partial charge in [-0.2, -0.15) is 0 Å². The molecule has 0 bridgehead atoms. The van der Waals surface area contributed by atoms with Crippen LogP contribution in [0.25, 0.3) is 0 Å². The third-order valence-electron chi connectivity index (χ3n) is 3.14. The van der Waals surface area contributed by atoms with Gasteiger partial charge < -0.3 is 10.6 Å². The zero-order valence-electron chi connectivity index (χ0n) is 12.8. The Labute approximate surface area is 145 Å². The maximum absolute atomic E-state index is 11.7. The predicted octanol–water partition coefficient (Wildman–Crippen LogP) is 3.58. The first-order valence-corrected chi connectivity index (χ1v) is 8.13. The summed E-state index contributed by atoms with van der Waals surface area (Å²) >= 11 is 12.0. The minimum atomic E-state index is -0.209. The van der Waals surface area contributed by atoms with Crippen molar-refractivity contribution >= 4 is 34.9 Å². The Morgan fingerprint density at radius 2 is 2.00 bits per heavy atom. The number of aromatic nitrogens is 2. The Morgan fingerprint density at radius 1 is 1.17 bits per heavy atom. The number of nitrogens with one attached hydrogen (secondary N) is 2. The number of carbonyl (C=O) groups excluding carboxylic acids is 1. The lowest BCUT2D eigenvalue weighted by Crippen LogP contribution is -2.25. The Morgan fingerprint density at radius 3 is 2.65 bits per heavy atom.